The van der Waals surface area contributed by atoms with Gasteiger partial charge >= 0.3 is 5.97 Å². The number of anilines is 2. The Morgan fingerprint density at radius 2 is 2.53 bits per heavy atom. The van der Waals surface area contributed by atoms with Gasteiger partial charge in [0.25, 0.3) is 0 Å². The Kier molecular flexibility index (Phi) is 3.43. The van der Waals surface area contributed by atoms with Gasteiger partial charge in [0.15, 0.2) is 0 Å². The molecule has 0 saturated carbocycles. The maximum atomic E-state index is 11.4. The number of pyridine rings is 1. The second-order valence-electron chi connectivity index (χ2n) is 3.85. The van der Waals surface area contributed by atoms with E-state index in [4.69, 9.17) is 10.5 Å². The summed E-state index contributed by atoms with van der Waals surface area (Å²) in [5.41, 5.74) is 6.29. The van der Waals surface area contributed by atoms with E-state index in [0.29, 0.717) is 23.7 Å². The van der Waals surface area contributed by atoms with Gasteiger partial charge in [0, 0.05) is 6.61 Å². The number of esters is 1. The van der Waals surface area contributed by atoms with Gasteiger partial charge in [0.2, 0.25) is 0 Å². The lowest BCUT2D eigenvalue weighted by molar-refractivity contribution is 0.0602. The van der Waals surface area contributed by atoms with Crippen molar-refractivity contribution in [2.24, 2.45) is 0 Å². The Hall–Kier alpha value is -1.82. The number of carbonyl (C=O) groups excluding carboxylic acids is 1. The smallest absolute Gasteiger partial charge is 0.340 e. The Labute approximate surface area is 99.1 Å². The largest absolute Gasteiger partial charge is 0.465 e. The molecule has 0 radical (unpaired) electrons. The summed E-state index contributed by atoms with van der Waals surface area (Å²) < 4.78 is 9.89. The van der Waals surface area contributed by atoms with E-state index in [9.17, 15) is 4.79 Å². The molecule has 92 valence electrons. The molecular formula is C11H15N3O3. The van der Waals surface area contributed by atoms with Crippen LogP contribution in [0.25, 0.3) is 0 Å². The predicted octanol–water partition coefficient (Wildman–Crippen LogP) is 0.651. The van der Waals surface area contributed by atoms with Gasteiger partial charge < -0.3 is 20.5 Å². The molecule has 0 aromatic carbocycles. The van der Waals surface area contributed by atoms with Gasteiger partial charge in [0.1, 0.15) is 5.82 Å². The standard InChI is InChI=1S/C11H15N3O3/c1-16-11(15)8-4-10(13-5-9(8)12)14-7-2-3-17-6-7/h4-5,7H,2-3,6,12H2,1H3,(H,13,14)/t7-/m0/s1. The molecule has 6 nitrogen and oxygen atoms in total. The first-order valence-electron chi connectivity index (χ1n) is 5.39. The van der Waals surface area contributed by atoms with E-state index < -0.39 is 5.97 Å². The Morgan fingerprint density at radius 3 is 3.18 bits per heavy atom. The van der Waals surface area contributed by atoms with Gasteiger partial charge in [-0.1, -0.05) is 0 Å². The minimum absolute atomic E-state index is 0.233. The van der Waals surface area contributed by atoms with Crippen molar-refractivity contribution in [3.8, 4) is 0 Å². The molecule has 0 spiro atoms. The molecule has 1 aliphatic rings. The number of hydrogen-bond acceptors (Lipinski definition) is 6. The lowest BCUT2D eigenvalue weighted by atomic mass is 10.2. The molecule has 0 aliphatic carbocycles. The molecule has 2 rings (SSSR count). The molecule has 6 heteroatoms. The zero-order chi connectivity index (χ0) is 12.3. The second-order valence-corrected chi connectivity index (χ2v) is 3.85. The molecule has 1 atom stereocenters. The number of hydrogen-bond donors (Lipinski definition) is 2. The van der Waals surface area contributed by atoms with Gasteiger partial charge in [-0.15, -0.1) is 0 Å². The number of nitrogens with one attached hydrogen (secondary N) is 1. The fraction of sp³-hybridized carbons (Fsp3) is 0.455. The molecule has 0 amide bonds. The zero-order valence-electron chi connectivity index (χ0n) is 9.60. The molecule has 1 fully saturated rings. The molecule has 17 heavy (non-hydrogen) atoms. The summed E-state index contributed by atoms with van der Waals surface area (Å²) in [4.78, 5) is 15.6. The van der Waals surface area contributed by atoms with Crippen LogP contribution < -0.4 is 11.1 Å². The summed E-state index contributed by atoms with van der Waals surface area (Å²) >= 11 is 0. The van der Waals surface area contributed by atoms with Gasteiger partial charge in [-0.25, -0.2) is 9.78 Å². The first-order chi connectivity index (χ1) is 8.20. The number of carbonyl (C=O) groups is 1. The Bertz CT molecular complexity index is 416. The normalized spacial score (nSPS) is 19.0. The number of methoxy groups -OCH3 is 1. The van der Waals surface area contributed by atoms with Crippen LogP contribution in [-0.4, -0.2) is 37.3 Å². The van der Waals surface area contributed by atoms with Crippen molar-refractivity contribution in [1.82, 2.24) is 4.98 Å². The van der Waals surface area contributed by atoms with Crippen LogP contribution in [0, 0.1) is 0 Å². The first-order valence-corrected chi connectivity index (χ1v) is 5.39. The molecule has 0 bridgehead atoms. The monoisotopic (exact) mass is 237 g/mol. The molecular weight excluding hydrogens is 222 g/mol. The number of nitrogens with two attached hydrogens (primary N) is 1. The van der Waals surface area contributed by atoms with Crippen molar-refractivity contribution in [2.75, 3.05) is 31.4 Å². The third-order valence-electron chi connectivity index (χ3n) is 2.62. The van der Waals surface area contributed by atoms with Crippen LogP contribution >= 0.6 is 0 Å². The average Bonchev–Trinajstić information content (AvgIpc) is 2.83. The van der Waals surface area contributed by atoms with Gasteiger partial charge in [0.05, 0.1) is 37.2 Å². The predicted molar refractivity (Wildman–Crippen MR) is 62.8 cm³/mol. The topological polar surface area (TPSA) is 86.5 Å². The van der Waals surface area contributed by atoms with Crippen molar-refractivity contribution < 1.29 is 14.3 Å². The number of ether oxygens (including phenoxy) is 2. The van der Waals surface area contributed by atoms with Crippen LogP contribution in [0.15, 0.2) is 12.3 Å². The Balaban J connectivity index is 2.15. The summed E-state index contributed by atoms with van der Waals surface area (Å²) in [5, 5.41) is 3.19. The van der Waals surface area contributed by atoms with Crippen molar-refractivity contribution >= 4 is 17.5 Å². The van der Waals surface area contributed by atoms with Gasteiger partial charge in [-0.05, 0) is 12.5 Å². The third kappa shape index (κ3) is 2.65. The highest BCUT2D eigenvalue weighted by atomic mass is 16.5. The van der Waals surface area contributed by atoms with Crippen molar-refractivity contribution in [1.29, 1.82) is 0 Å². The zero-order valence-corrected chi connectivity index (χ0v) is 9.60. The van der Waals surface area contributed by atoms with E-state index in [1.807, 2.05) is 0 Å². The summed E-state index contributed by atoms with van der Waals surface area (Å²) in [7, 11) is 1.32. The highest BCUT2D eigenvalue weighted by Gasteiger charge is 2.17. The summed E-state index contributed by atoms with van der Waals surface area (Å²) in [6.45, 7) is 1.40. The van der Waals surface area contributed by atoms with E-state index in [1.54, 1.807) is 6.07 Å². The van der Waals surface area contributed by atoms with Crippen molar-refractivity contribution in [2.45, 2.75) is 12.5 Å². The van der Waals surface area contributed by atoms with Crippen LogP contribution in [0.2, 0.25) is 0 Å². The number of aromatic nitrogens is 1. The summed E-state index contributed by atoms with van der Waals surface area (Å²) in [6, 6.07) is 1.83. The lowest BCUT2D eigenvalue weighted by Crippen LogP contribution is -2.20. The molecule has 3 N–H and O–H groups in total. The number of nitrogens with zero attached hydrogens (tertiary/aromatic N) is 1. The van der Waals surface area contributed by atoms with Crippen LogP contribution in [0.4, 0.5) is 11.5 Å². The minimum atomic E-state index is -0.462. The minimum Gasteiger partial charge on any atom is -0.465 e. The van der Waals surface area contributed by atoms with Crippen LogP contribution in [0.5, 0.6) is 0 Å². The van der Waals surface area contributed by atoms with Crippen LogP contribution in [0.3, 0.4) is 0 Å². The van der Waals surface area contributed by atoms with E-state index in [1.165, 1.54) is 13.3 Å². The van der Waals surface area contributed by atoms with E-state index in [0.717, 1.165) is 13.0 Å². The van der Waals surface area contributed by atoms with E-state index >= 15 is 0 Å². The number of rotatable bonds is 3. The summed E-state index contributed by atoms with van der Waals surface area (Å²) in [5.74, 6) is 0.144. The average molecular weight is 237 g/mol. The molecule has 2 heterocycles. The summed E-state index contributed by atoms with van der Waals surface area (Å²) in [6.07, 6.45) is 2.38. The van der Waals surface area contributed by atoms with Crippen LogP contribution in [-0.2, 0) is 9.47 Å². The highest BCUT2D eigenvalue weighted by Crippen LogP contribution is 2.18. The highest BCUT2D eigenvalue weighted by molar-refractivity contribution is 5.95. The molecule has 1 aromatic heterocycles. The van der Waals surface area contributed by atoms with E-state index in [-0.39, 0.29) is 6.04 Å². The fourth-order valence-corrected chi connectivity index (χ4v) is 1.69. The molecule has 1 saturated heterocycles. The van der Waals surface area contributed by atoms with Gasteiger partial charge in [-0.2, -0.15) is 0 Å². The fourth-order valence-electron chi connectivity index (χ4n) is 1.69. The van der Waals surface area contributed by atoms with Crippen molar-refractivity contribution in [3.63, 3.8) is 0 Å². The second kappa shape index (κ2) is 5.01. The third-order valence-corrected chi connectivity index (χ3v) is 2.62. The number of nitrogen functional groups attached to an aromatic ring is 1. The van der Waals surface area contributed by atoms with Crippen LogP contribution in [0.1, 0.15) is 16.8 Å². The maximum absolute atomic E-state index is 11.4. The van der Waals surface area contributed by atoms with Gasteiger partial charge in [-0.3, -0.25) is 0 Å². The maximum Gasteiger partial charge on any atom is 0.340 e. The molecule has 0 unspecified atom stereocenters. The van der Waals surface area contributed by atoms with Crippen molar-refractivity contribution in [3.05, 3.63) is 17.8 Å². The SMILES string of the molecule is COC(=O)c1cc(N[C@H]2CCOC2)ncc1N. The lowest BCUT2D eigenvalue weighted by Gasteiger charge is -2.12. The van der Waals surface area contributed by atoms with E-state index in [2.05, 4.69) is 15.0 Å². The molecule has 1 aromatic rings. The first kappa shape index (κ1) is 11.7. The Morgan fingerprint density at radius 1 is 1.71 bits per heavy atom. The quantitative estimate of drug-likeness (QED) is 0.751. The molecule has 1 aliphatic heterocycles.